The lowest BCUT2D eigenvalue weighted by molar-refractivity contribution is 0.426. The summed E-state index contributed by atoms with van der Waals surface area (Å²) in [7, 11) is 0. The number of hydrogen-bond donors (Lipinski definition) is 0. The highest BCUT2D eigenvalue weighted by atomic mass is 79.9. The third kappa shape index (κ3) is 2.33. The van der Waals surface area contributed by atoms with Gasteiger partial charge in [-0.25, -0.2) is 0 Å². The molecule has 0 unspecified atom stereocenters. The first-order valence-electron chi connectivity index (χ1n) is 4.83. The normalized spacial score (nSPS) is 11.2. The van der Waals surface area contributed by atoms with Gasteiger partial charge < -0.3 is 0 Å². The molecule has 2 nitrogen and oxygen atoms in total. The number of halogens is 1. The van der Waals surface area contributed by atoms with Gasteiger partial charge in [-0.05, 0) is 19.8 Å². The van der Waals surface area contributed by atoms with Crippen molar-refractivity contribution in [3.63, 3.8) is 0 Å². The third-order valence-electron chi connectivity index (χ3n) is 2.48. The fourth-order valence-corrected chi connectivity index (χ4v) is 2.05. The predicted molar refractivity (Wildman–Crippen MR) is 59.2 cm³/mol. The summed E-state index contributed by atoms with van der Waals surface area (Å²) >= 11 is 3.46. The number of nitrogens with zero attached hydrogens (tertiary/aromatic N) is 2. The molecule has 74 valence electrons. The topological polar surface area (TPSA) is 17.8 Å². The molecule has 1 aromatic heterocycles. The minimum atomic E-state index is 0.562. The van der Waals surface area contributed by atoms with Gasteiger partial charge in [0.05, 0.1) is 11.7 Å². The summed E-state index contributed by atoms with van der Waals surface area (Å²) in [4.78, 5) is 0. The van der Waals surface area contributed by atoms with Crippen molar-refractivity contribution < 1.29 is 0 Å². The highest BCUT2D eigenvalue weighted by Crippen LogP contribution is 2.18. The Morgan fingerprint density at radius 2 is 2.08 bits per heavy atom. The van der Waals surface area contributed by atoms with Gasteiger partial charge in [0.25, 0.3) is 0 Å². The maximum absolute atomic E-state index is 4.51. The Hall–Kier alpha value is -0.310. The average molecular weight is 245 g/mol. The molecule has 0 saturated carbocycles. The van der Waals surface area contributed by atoms with E-state index in [2.05, 4.69) is 52.7 Å². The second-order valence-electron chi connectivity index (χ2n) is 3.32. The van der Waals surface area contributed by atoms with Crippen molar-refractivity contribution in [3.05, 3.63) is 17.5 Å². The van der Waals surface area contributed by atoms with Gasteiger partial charge in [-0.3, -0.25) is 4.68 Å². The minimum Gasteiger partial charge on any atom is -0.269 e. The van der Waals surface area contributed by atoms with Crippen LogP contribution >= 0.6 is 15.9 Å². The van der Waals surface area contributed by atoms with E-state index in [4.69, 9.17) is 0 Å². The zero-order valence-corrected chi connectivity index (χ0v) is 10.1. The van der Waals surface area contributed by atoms with Gasteiger partial charge in [0.15, 0.2) is 0 Å². The quantitative estimate of drug-likeness (QED) is 0.743. The summed E-state index contributed by atoms with van der Waals surface area (Å²) in [6.07, 6.45) is 4.46. The molecule has 0 saturated heterocycles. The molecule has 0 amide bonds. The fraction of sp³-hybridized carbons (Fsp3) is 0.700. The molecule has 0 aliphatic rings. The standard InChI is InChI=1S/C10H17BrN2/c1-4-10(5-2)13-7-9(6-11)8(3)12-13/h7,10H,4-6H2,1-3H3. The zero-order valence-electron chi connectivity index (χ0n) is 8.55. The molecule has 3 heteroatoms. The summed E-state index contributed by atoms with van der Waals surface area (Å²) < 4.78 is 2.10. The van der Waals surface area contributed by atoms with Crippen LogP contribution in [0.5, 0.6) is 0 Å². The summed E-state index contributed by atoms with van der Waals surface area (Å²) in [5, 5.41) is 5.41. The van der Waals surface area contributed by atoms with Crippen molar-refractivity contribution >= 4 is 15.9 Å². The first-order valence-corrected chi connectivity index (χ1v) is 5.95. The molecule has 1 rings (SSSR count). The Bertz CT molecular complexity index is 264. The van der Waals surface area contributed by atoms with Crippen LogP contribution in [0.2, 0.25) is 0 Å². The van der Waals surface area contributed by atoms with Gasteiger partial charge in [0.2, 0.25) is 0 Å². The lowest BCUT2D eigenvalue weighted by Crippen LogP contribution is -2.07. The van der Waals surface area contributed by atoms with Crippen molar-refractivity contribution in [3.8, 4) is 0 Å². The molecule has 0 aliphatic carbocycles. The van der Waals surface area contributed by atoms with Crippen molar-refractivity contribution in [2.45, 2.75) is 45.0 Å². The number of rotatable bonds is 4. The highest BCUT2D eigenvalue weighted by Gasteiger charge is 2.09. The third-order valence-corrected chi connectivity index (χ3v) is 3.08. The van der Waals surface area contributed by atoms with Gasteiger partial charge in [-0.2, -0.15) is 5.10 Å². The number of aromatic nitrogens is 2. The molecular weight excluding hydrogens is 228 g/mol. The molecule has 0 bridgehead atoms. The molecule has 13 heavy (non-hydrogen) atoms. The van der Waals surface area contributed by atoms with Crippen molar-refractivity contribution in [2.75, 3.05) is 0 Å². The second kappa shape index (κ2) is 4.80. The molecule has 0 fully saturated rings. The summed E-state index contributed by atoms with van der Waals surface area (Å²) in [6.45, 7) is 6.48. The zero-order chi connectivity index (χ0) is 9.84. The molecule has 0 atom stereocenters. The second-order valence-corrected chi connectivity index (χ2v) is 3.88. The lowest BCUT2D eigenvalue weighted by atomic mass is 10.2. The van der Waals surface area contributed by atoms with E-state index in [-0.39, 0.29) is 0 Å². The first kappa shape index (κ1) is 10.8. The largest absolute Gasteiger partial charge is 0.269 e. The summed E-state index contributed by atoms with van der Waals surface area (Å²) in [6, 6.07) is 0.562. The van der Waals surface area contributed by atoms with Crippen LogP contribution in [0.3, 0.4) is 0 Å². The van der Waals surface area contributed by atoms with Gasteiger partial charge in [-0.1, -0.05) is 29.8 Å². The van der Waals surface area contributed by atoms with Crippen LogP contribution < -0.4 is 0 Å². The van der Waals surface area contributed by atoms with Crippen LogP contribution in [-0.4, -0.2) is 9.78 Å². The van der Waals surface area contributed by atoms with Gasteiger partial charge in [0.1, 0.15) is 0 Å². The summed E-state index contributed by atoms with van der Waals surface area (Å²) in [5.41, 5.74) is 2.44. The predicted octanol–water partition coefficient (Wildman–Crippen LogP) is 3.45. The van der Waals surface area contributed by atoms with E-state index < -0.39 is 0 Å². The Kier molecular flexibility index (Phi) is 3.97. The molecule has 0 spiro atoms. The van der Waals surface area contributed by atoms with E-state index in [0.717, 1.165) is 23.9 Å². The number of alkyl halides is 1. The van der Waals surface area contributed by atoms with E-state index in [1.165, 1.54) is 5.56 Å². The molecule has 1 aromatic rings. The van der Waals surface area contributed by atoms with Crippen LogP contribution in [0.25, 0.3) is 0 Å². The minimum absolute atomic E-state index is 0.562. The molecule has 0 radical (unpaired) electrons. The highest BCUT2D eigenvalue weighted by molar-refractivity contribution is 9.08. The lowest BCUT2D eigenvalue weighted by Gasteiger charge is -2.12. The monoisotopic (exact) mass is 244 g/mol. The van der Waals surface area contributed by atoms with Crippen molar-refractivity contribution in [1.82, 2.24) is 9.78 Å². The Morgan fingerprint density at radius 3 is 2.46 bits per heavy atom. The molecule has 1 heterocycles. The van der Waals surface area contributed by atoms with Crippen LogP contribution in [-0.2, 0) is 5.33 Å². The van der Waals surface area contributed by atoms with E-state index in [0.29, 0.717) is 6.04 Å². The molecule has 0 N–H and O–H groups in total. The molecule has 0 aliphatic heterocycles. The Morgan fingerprint density at radius 1 is 1.46 bits per heavy atom. The summed E-state index contributed by atoms with van der Waals surface area (Å²) in [5.74, 6) is 0. The first-order chi connectivity index (χ1) is 6.22. The Balaban J connectivity index is 2.88. The van der Waals surface area contributed by atoms with Gasteiger partial charge in [-0.15, -0.1) is 0 Å². The van der Waals surface area contributed by atoms with Crippen molar-refractivity contribution in [2.24, 2.45) is 0 Å². The van der Waals surface area contributed by atoms with E-state index >= 15 is 0 Å². The number of hydrogen-bond acceptors (Lipinski definition) is 1. The van der Waals surface area contributed by atoms with Crippen molar-refractivity contribution in [1.29, 1.82) is 0 Å². The van der Waals surface area contributed by atoms with Crippen LogP contribution in [0, 0.1) is 6.92 Å². The van der Waals surface area contributed by atoms with Gasteiger partial charge in [0, 0.05) is 17.1 Å². The average Bonchev–Trinajstić information content (AvgIpc) is 2.49. The molecular formula is C10H17BrN2. The Labute approximate surface area is 88.5 Å². The van der Waals surface area contributed by atoms with Crippen LogP contribution in [0.15, 0.2) is 6.20 Å². The SMILES string of the molecule is CCC(CC)n1cc(CBr)c(C)n1. The van der Waals surface area contributed by atoms with Gasteiger partial charge >= 0.3 is 0 Å². The van der Waals surface area contributed by atoms with Crippen LogP contribution in [0.4, 0.5) is 0 Å². The fourth-order valence-electron chi connectivity index (χ4n) is 1.50. The number of aryl methyl sites for hydroxylation is 1. The van der Waals surface area contributed by atoms with E-state index in [9.17, 15) is 0 Å². The maximum atomic E-state index is 4.51. The van der Waals surface area contributed by atoms with Crippen LogP contribution in [0.1, 0.15) is 44.0 Å². The smallest absolute Gasteiger partial charge is 0.0634 e. The van der Waals surface area contributed by atoms with E-state index in [1.807, 2.05) is 0 Å². The van der Waals surface area contributed by atoms with E-state index in [1.54, 1.807) is 0 Å². The molecule has 0 aromatic carbocycles. The maximum Gasteiger partial charge on any atom is 0.0634 e.